The highest BCUT2D eigenvalue weighted by molar-refractivity contribution is 9.10. The average molecular weight is 334 g/mol. The van der Waals surface area contributed by atoms with Crippen LogP contribution in [0.1, 0.15) is 10.5 Å². The van der Waals surface area contributed by atoms with E-state index in [2.05, 4.69) is 35.6 Å². The Kier molecular flexibility index (Phi) is 3.19. The smallest absolute Gasteiger partial charge is 0.356 e. The Morgan fingerprint density at radius 1 is 1.30 bits per heavy atom. The molecule has 6 nitrogen and oxygen atoms in total. The standard InChI is InChI=1S/C13H8BrN3O3/c1-19-13(18)9-3-2-7(5-15-9)12-17-11-10(20-12)4-8(14)6-16-11/h2-6H,1H3. The number of halogens is 1. The molecule has 0 N–H and O–H groups in total. The largest absolute Gasteiger partial charge is 0.464 e. The van der Waals surface area contributed by atoms with Gasteiger partial charge in [0.1, 0.15) is 5.69 Å². The number of nitrogens with zero attached hydrogens (tertiary/aromatic N) is 3. The molecule has 0 radical (unpaired) electrons. The minimum absolute atomic E-state index is 0.230. The van der Waals surface area contributed by atoms with Crippen LogP contribution in [0.5, 0.6) is 0 Å². The molecule has 0 spiro atoms. The topological polar surface area (TPSA) is 78.1 Å². The fourth-order valence-corrected chi connectivity index (χ4v) is 1.98. The first kappa shape index (κ1) is 12.7. The molecule has 0 aromatic carbocycles. The van der Waals surface area contributed by atoms with E-state index in [0.717, 1.165) is 4.47 Å². The Labute approximate surface area is 121 Å². The first-order chi connectivity index (χ1) is 9.67. The Balaban J connectivity index is 2.00. The third kappa shape index (κ3) is 2.27. The van der Waals surface area contributed by atoms with Crippen LogP contribution in [0, 0.1) is 0 Å². The SMILES string of the molecule is COC(=O)c1ccc(-c2nc3ncc(Br)cc3o2)cn1. The normalized spacial score (nSPS) is 10.7. The molecule has 100 valence electrons. The molecule has 0 fully saturated rings. The molecule has 0 aliphatic carbocycles. The van der Waals surface area contributed by atoms with Gasteiger partial charge >= 0.3 is 5.97 Å². The molecule has 0 atom stereocenters. The van der Waals surface area contributed by atoms with E-state index in [0.29, 0.717) is 22.7 Å². The van der Waals surface area contributed by atoms with E-state index < -0.39 is 5.97 Å². The molecule has 0 aliphatic rings. The summed E-state index contributed by atoms with van der Waals surface area (Å²) in [5.41, 5.74) is 1.98. The second-order valence-corrected chi connectivity index (χ2v) is 4.83. The maximum atomic E-state index is 11.3. The zero-order valence-corrected chi connectivity index (χ0v) is 11.9. The van der Waals surface area contributed by atoms with Crippen LogP contribution in [0.15, 0.2) is 39.5 Å². The molecule has 3 rings (SSSR count). The van der Waals surface area contributed by atoms with E-state index in [1.54, 1.807) is 24.4 Å². The molecule has 0 aliphatic heterocycles. The molecule has 0 unspecified atom stereocenters. The number of fused-ring (bicyclic) bond motifs is 1. The second kappa shape index (κ2) is 5.01. The van der Waals surface area contributed by atoms with Crippen molar-refractivity contribution in [1.82, 2.24) is 15.0 Å². The molecular formula is C13H8BrN3O3. The zero-order valence-electron chi connectivity index (χ0n) is 10.3. The van der Waals surface area contributed by atoms with Gasteiger partial charge in [-0.2, -0.15) is 4.98 Å². The summed E-state index contributed by atoms with van der Waals surface area (Å²) in [7, 11) is 1.31. The molecule has 0 amide bonds. The molecule has 3 aromatic rings. The van der Waals surface area contributed by atoms with Crippen LogP contribution >= 0.6 is 15.9 Å². The summed E-state index contributed by atoms with van der Waals surface area (Å²) in [6, 6.07) is 5.04. The number of methoxy groups -OCH3 is 1. The molecular weight excluding hydrogens is 326 g/mol. The number of ether oxygens (including phenoxy) is 1. The van der Waals surface area contributed by atoms with Crippen LogP contribution in [0.2, 0.25) is 0 Å². The van der Waals surface area contributed by atoms with Gasteiger partial charge in [0.15, 0.2) is 11.2 Å². The molecule has 0 saturated carbocycles. The Bertz CT molecular complexity index is 783. The molecule has 7 heteroatoms. The van der Waals surface area contributed by atoms with Crippen LogP contribution in [-0.2, 0) is 4.74 Å². The van der Waals surface area contributed by atoms with Crippen LogP contribution in [0.25, 0.3) is 22.7 Å². The van der Waals surface area contributed by atoms with E-state index >= 15 is 0 Å². The maximum absolute atomic E-state index is 11.3. The summed E-state index contributed by atoms with van der Waals surface area (Å²) in [5, 5.41) is 0. The first-order valence-electron chi connectivity index (χ1n) is 5.64. The Hall–Kier alpha value is -2.28. The summed E-state index contributed by atoms with van der Waals surface area (Å²) < 4.78 is 11.0. The van der Waals surface area contributed by atoms with Crippen molar-refractivity contribution in [2.75, 3.05) is 7.11 Å². The molecule has 0 saturated heterocycles. The lowest BCUT2D eigenvalue weighted by molar-refractivity contribution is 0.0594. The van der Waals surface area contributed by atoms with Crippen molar-refractivity contribution in [2.24, 2.45) is 0 Å². The first-order valence-corrected chi connectivity index (χ1v) is 6.43. The molecule has 20 heavy (non-hydrogen) atoms. The number of rotatable bonds is 2. The van der Waals surface area contributed by atoms with Crippen LogP contribution < -0.4 is 0 Å². The van der Waals surface area contributed by atoms with Gasteiger partial charge in [0, 0.05) is 22.9 Å². The highest BCUT2D eigenvalue weighted by Gasteiger charge is 2.12. The Morgan fingerprint density at radius 2 is 2.15 bits per heavy atom. The lowest BCUT2D eigenvalue weighted by atomic mass is 10.2. The van der Waals surface area contributed by atoms with Crippen LogP contribution in [0.3, 0.4) is 0 Å². The maximum Gasteiger partial charge on any atom is 0.356 e. The fourth-order valence-electron chi connectivity index (χ4n) is 1.66. The summed E-state index contributed by atoms with van der Waals surface area (Å²) in [5.74, 6) is -0.0887. The lowest BCUT2D eigenvalue weighted by Gasteiger charge is -1.98. The van der Waals surface area contributed by atoms with Crippen molar-refractivity contribution >= 4 is 33.1 Å². The summed E-state index contributed by atoms with van der Waals surface area (Å²) in [6.45, 7) is 0. The van der Waals surface area contributed by atoms with Gasteiger partial charge in [0.2, 0.25) is 5.89 Å². The van der Waals surface area contributed by atoms with Crippen LogP contribution in [-0.4, -0.2) is 28.0 Å². The number of hydrogen-bond donors (Lipinski definition) is 0. The quantitative estimate of drug-likeness (QED) is 0.671. The fraction of sp³-hybridized carbons (Fsp3) is 0.0769. The van der Waals surface area contributed by atoms with Gasteiger partial charge in [-0.15, -0.1) is 0 Å². The monoisotopic (exact) mass is 333 g/mol. The van der Waals surface area contributed by atoms with Gasteiger partial charge < -0.3 is 9.15 Å². The van der Waals surface area contributed by atoms with Crippen molar-refractivity contribution in [3.05, 3.63) is 40.8 Å². The molecule has 3 heterocycles. The van der Waals surface area contributed by atoms with Gasteiger partial charge in [-0.1, -0.05) is 0 Å². The summed E-state index contributed by atoms with van der Waals surface area (Å²) in [6.07, 6.45) is 3.15. The van der Waals surface area contributed by atoms with Crippen molar-refractivity contribution in [3.63, 3.8) is 0 Å². The number of carbonyl (C=O) groups excluding carboxylic acids is 1. The minimum atomic E-state index is -0.486. The van der Waals surface area contributed by atoms with Gasteiger partial charge in [-0.25, -0.2) is 14.8 Å². The van der Waals surface area contributed by atoms with Crippen LogP contribution in [0.4, 0.5) is 0 Å². The highest BCUT2D eigenvalue weighted by Crippen LogP contribution is 2.24. The van der Waals surface area contributed by atoms with Gasteiger partial charge in [0.25, 0.3) is 0 Å². The molecule has 3 aromatic heterocycles. The Morgan fingerprint density at radius 3 is 2.85 bits per heavy atom. The summed E-state index contributed by atoms with van der Waals surface area (Å²) in [4.78, 5) is 23.7. The second-order valence-electron chi connectivity index (χ2n) is 3.92. The van der Waals surface area contributed by atoms with E-state index in [-0.39, 0.29) is 5.69 Å². The van der Waals surface area contributed by atoms with Crippen molar-refractivity contribution in [1.29, 1.82) is 0 Å². The zero-order chi connectivity index (χ0) is 14.1. The lowest BCUT2D eigenvalue weighted by Crippen LogP contribution is -2.03. The predicted octanol–water partition coefficient (Wildman–Crippen LogP) is 2.83. The number of oxazole rings is 1. The van der Waals surface area contributed by atoms with E-state index in [1.807, 2.05) is 0 Å². The van der Waals surface area contributed by atoms with E-state index in [4.69, 9.17) is 4.42 Å². The number of carbonyl (C=O) groups is 1. The van der Waals surface area contributed by atoms with Gasteiger partial charge in [-0.05, 0) is 28.1 Å². The number of aromatic nitrogens is 3. The average Bonchev–Trinajstić information content (AvgIpc) is 2.89. The van der Waals surface area contributed by atoms with Gasteiger partial charge in [0.05, 0.1) is 12.7 Å². The van der Waals surface area contributed by atoms with E-state index in [9.17, 15) is 4.79 Å². The van der Waals surface area contributed by atoms with Gasteiger partial charge in [-0.3, -0.25) is 0 Å². The third-order valence-electron chi connectivity index (χ3n) is 2.62. The van der Waals surface area contributed by atoms with E-state index in [1.165, 1.54) is 13.3 Å². The predicted molar refractivity (Wildman–Crippen MR) is 74.1 cm³/mol. The van der Waals surface area contributed by atoms with Crippen molar-refractivity contribution in [2.45, 2.75) is 0 Å². The van der Waals surface area contributed by atoms with Crippen molar-refractivity contribution in [3.8, 4) is 11.5 Å². The van der Waals surface area contributed by atoms with Crippen molar-refractivity contribution < 1.29 is 13.9 Å². The minimum Gasteiger partial charge on any atom is -0.464 e. The highest BCUT2D eigenvalue weighted by atomic mass is 79.9. The number of hydrogen-bond acceptors (Lipinski definition) is 6. The third-order valence-corrected chi connectivity index (χ3v) is 3.05. The molecule has 0 bridgehead atoms. The summed E-state index contributed by atoms with van der Waals surface area (Å²) >= 11 is 3.32. The number of esters is 1. The number of pyridine rings is 2.